The zero-order valence-corrected chi connectivity index (χ0v) is 12.9. The number of carbonyl (C=O) groups excluding carboxylic acids is 2. The molecule has 0 saturated carbocycles. The number of hydrazine groups is 1. The van der Waals surface area contributed by atoms with E-state index in [4.69, 9.17) is 0 Å². The number of imide groups is 1. The Morgan fingerprint density at radius 2 is 1.91 bits per heavy atom. The Kier molecular flexibility index (Phi) is 3.63. The SMILES string of the molecule is O=C1CC(NN2CCCCC2)C(=O)N1c1ccc2cc[nH]c2c1. The minimum Gasteiger partial charge on any atom is -0.361 e. The molecule has 3 heterocycles. The summed E-state index contributed by atoms with van der Waals surface area (Å²) in [5.74, 6) is -0.304. The van der Waals surface area contributed by atoms with Crippen LogP contribution in [0.1, 0.15) is 25.7 Å². The maximum Gasteiger partial charge on any atom is 0.252 e. The van der Waals surface area contributed by atoms with Crippen LogP contribution in [-0.4, -0.2) is 40.9 Å². The van der Waals surface area contributed by atoms with Crippen LogP contribution in [0.4, 0.5) is 5.69 Å². The first kappa shape index (κ1) is 14.4. The first-order chi connectivity index (χ1) is 11.2. The molecule has 1 unspecified atom stereocenters. The number of benzene rings is 1. The molecule has 2 aliphatic rings. The van der Waals surface area contributed by atoms with Gasteiger partial charge in [-0.25, -0.2) is 15.3 Å². The lowest BCUT2D eigenvalue weighted by atomic mass is 10.1. The predicted octanol–water partition coefficient (Wildman–Crippen LogP) is 1.79. The molecule has 2 saturated heterocycles. The molecular formula is C17H20N4O2. The zero-order chi connectivity index (χ0) is 15.8. The fraction of sp³-hybridized carbons (Fsp3) is 0.412. The smallest absolute Gasteiger partial charge is 0.252 e. The molecule has 0 bridgehead atoms. The van der Waals surface area contributed by atoms with E-state index in [9.17, 15) is 9.59 Å². The van der Waals surface area contributed by atoms with Gasteiger partial charge >= 0.3 is 0 Å². The van der Waals surface area contributed by atoms with E-state index < -0.39 is 6.04 Å². The number of hydrogen-bond acceptors (Lipinski definition) is 4. The van der Waals surface area contributed by atoms with E-state index in [2.05, 4.69) is 15.4 Å². The van der Waals surface area contributed by atoms with Crippen molar-refractivity contribution < 1.29 is 9.59 Å². The van der Waals surface area contributed by atoms with Crippen LogP contribution in [0.2, 0.25) is 0 Å². The van der Waals surface area contributed by atoms with Crippen molar-refractivity contribution in [3.05, 3.63) is 30.5 Å². The van der Waals surface area contributed by atoms with E-state index >= 15 is 0 Å². The van der Waals surface area contributed by atoms with Crippen molar-refractivity contribution in [1.82, 2.24) is 15.4 Å². The van der Waals surface area contributed by atoms with Gasteiger partial charge in [-0.15, -0.1) is 0 Å². The molecule has 23 heavy (non-hydrogen) atoms. The van der Waals surface area contributed by atoms with E-state index in [-0.39, 0.29) is 18.2 Å². The summed E-state index contributed by atoms with van der Waals surface area (Å²) in [6.45, 7) is 1.87. The number of anilines is 1. The van der Waals surface area contributed by atoms with Crippen LogP contribution >= 0.6 is 0 Å². The molecule has 0 radical (unpaired) electrons. The molecule has 1 aromatic heterocycles. The molecule has 2 aliphatic heterocycles. The summed E-state index contributed by atoms with van der Waals surface area (Å²) in [5.41, 5.74) is 4.81. The quantitative estimate of drug-likeness (QED) is 0.848. The van der Waals surface area contributed by atoms with E-state index in [1.807, 2.05) is 30.5 Å². The number of rotatable bonds is 3. The van der Waals surface area contributed by atoms with Gasteiger partial charge in [0.15, 0.2) is 0 Å². The number of carbonyl (C=O) groups is 2. The molecule has 2 aromatic rings. The Labute approximate surface area is 134 Å². The molecule has 1 aromatic carbocycles. The number of nitrogens with zero attached hydrogens (tertiary/aromatic N) is 2. The molecule has 2 amide bonds. The highest BCUT2D eigenvalue weighted by Crippen LogP contribution is 2.26. The average Bonchev–Trinajstić information content (AvgIpc) is 3.13. The third-order valence-corrected chi connectivity index (χ3v) is 4.64. The largest absolute Gasteiger partial charge is 0.361 e. The predicted molar refractivity (Wildman–Crippen MR) is 87.8 cm³/mol. The second kappa shape index (κ2) is 5.79. The van der Waals surface area contributed by atoms with Crippen molar-refractivity contribution in [2.45, 2.75) is 31.7 Å². The number of aromatic nitrogens is 1. The minimum atomic E-state index is -0.445. The Balaban J connectivity index is 1.54. The second-order valence-corrected chi connectivity index (χ2v) is 6.25. The van der Waals surface area contributed by atoms with Crippen LogP contribution in [0, 0.1) is 0 Å². The van der Waals surface area contributed by atoms with Crippen LogP contribution in [0.25, 0.3) is 10.9 Å². The third kappa shape index (κ3) is 2.64. The van der Waals surface area contributed by atoms with E-state index in [0.29, 0.717) is 5.69 Å². The van der Waals surface area contributed by atoms with E-state index in [1.54, 1.807) is 0 Å². The molecule has 2 fully saturated rings. The fourth-order valence-electron chi connectivity index (χ4n) is 3.42. The summed E-state index contributed by atoms with van der Waals surface area (Å²) >= 11 is 0. The molecule has 0 aliphatic carbocycles. The molecule has 6 heteroatoms. The number of aromatic amines is 1. The van der Waals surface area contributed by atoms with Crippen molar-refractivity contribution in [2.75, 3.05) is 18.0 Å². The standard InChI is InChI=1S/C17H20N4O2/c22-16-11-15(19-20-8-2-1-3-9-20)17(23)21(16)13-5-4-12-6-7-18-14(12)10-13/h4-7,10,15,18-19H,1-3,8-9,11H2. The summed E-state index contributed by atoms with van der Waals surface area (Å²) in [6, 6.07) is 7.13. The van der Waals surface area contributed by atoms with Crippen molar-refractivity contribution >= 4 is 28.4 Å². The average molecular weight is 312 g/mol. The highest BCUT2D eigenvalue weighted by atomic mass is 16.2. The molecular weight excluding hydrogens is 292 g/mol. The second-order valence-electron chi connectivity index (χ2n) is 6.25. The summed E-state index contributed by atoms with van der Waals surface area (Å²) in [4.78, 5) is 29.4. The van der Waals surface area contributed by atoms with Crippen molar-refractivity contribution in [2.24, 2.45) is 0 Å². The van der Waals surface area contributed by atoms with Crippen molar-refractivity contribution in [3.8, 4) is 0 Å². The Hall–Kier alpha value is -2.18. The topological polar surface area (TPSA) is 68.4 Å². The van der Waals surface area contributed by atoms with Crippen LogP contribution in [-0.2, 0) is 9.59 Å². The summed E-state index contributed by atoms with van der Waals surface area (Å²) in [5, 5.41) is 3.15. The number of hydrogen-bond donors (Lipinski definition) is 2. The van der Waals surface area contributed by atoms with Gasteiger partial charge in [0, 0.05) is 24.8 Å². The van der Waals surface area contributed by atoms with Crippen LogP contribution in [0.15, 0.2) is 30.5 Å². The first-order valence-corrected chi connectivity index (χ1v) is 8.17. The van der Waals surface area contributed by atoms with Gasteiger partial charge in [-0.3, -0.25) is 9.59 Å². The zero-order valence-electron chi connectivity index (χ0n) is 12.9. The third-order valence-electron chi connectivity index (χ3n) is 4.64. The van der Waals surface area contributed by atoms with Crippen molar-refractivity contribution in [3.63, 3.8) is 0 Å². The maximum atomic E-state index is 12.7. The number of amides is 2. The maximum absolute atomic E-state index is 12.7. The molecule has 6 nitrogen and oxygen atoms in total. The lowest BCUT2D eigenvalue weighted by molar-refractivity contribution is -0.122. The Bertz CT molecular complexity index is 748. The van der Waals surface area contributed by atoms with Gasteiger partial charge in [-0.05, 0) is 36.4 Å². The van der Waals surface area contributed by atoms with Gasteiger partial charge in [0.2, 0.25) is 5.91 Å². The van der Waals surface area contributed by atoms with Gasteiger partial charge in [0.05, 0.1) is 12.1 Å². The van der Waals surface area contributed by atoms with Gasteiger partial charge in [-0.1, -0.05) is 12.5 Å². The van der Waals surface area contributed by atoms with E-state index in [0.717, 1.165) is 36.8 Å². The molecule has 1 atom stereocenters. The van der Waals surface area contributed by atoms with Gasteiger partial charge in [-0.2, -0.15) is 0 Å². The van der Waals surface area contributed by atoms with E-state index in [1.165, 1.54) is 11.3 Å². The first-order valence-electron chi connectivity index (χ1n) is 8.17. The molecule has 0 spiro atoms. The van der Waals surface area contributed by atoms with Crippen LogP contribution in [0.3, 0.4) is 0 Å². The lowest BCUT2D eigenvalue weighted by Gasteiger charge is -2.29. The minimum absolute atomic E-state index is 0.143. The molecule has 120 valence electrons. The number of fused-ring (bicyclic) bond motifs is 1. The van der Waals surface area contributed by atoms with Gasteiger partial charge in [0.25, 0.3) is 5.91 Å². The summed E-state index contributed by atoms with van der Waals surface area (Å²) in [6.07, 6.45) is 5.57. The Morgan fingerprint density at radius 3 is 2.74 bits per heavy atom. The monoisotopic (exact) mass is 312 g/mol. The van der Waals surface area contributed by atoms with Crippen molar-refractivity contribution in [1.29, 1.82) is 0 Å². The molecule has 4 rings (SSSR count). The van der Waals surface area contributed by atoms with Crippen LogP contribution in [0.5, 0.6) is 0 Å². The molecule has 2 N–H and O–H groups in total. The van der Waals surface area contributed by atoms with Crippen LogP contribution < -0.4 is 10.3 Å². The van der Waals surface area contributed by atoms with Gasteiger partial charge in [0.1, 0.15) is 6.04 Å². The summed E-state index contributed by atoms with van der Waals surface area (Å²) in [7, 11) is 0. The Morgan fingerprint density at radius 1 is 1.09 bits per heavy atom. The number of piperidine rings is 1. The lowest BCUT2D eigenvalue weighted by Crippen LogP contribution is -2.50. The number of H-pyrrole nitrogens is 1. The fourth-order valence-corrected chi connectivity index (χ4v) is 3.42. The highest BCUT2D eigenvalue weighted by molar-refractivity contribution is 6.22. The summed E-state index contributed by atoms with van der Waals surface area (Å²) < 4.78 is 0. The number of nitrogens with one attached hydrogen (secondary N) is 2. The normalized spacial score (nSPS) is 23.1. The highest BCUT2D eigenvalue weighted by Gasteiger charge is 2.40. The van der Waals surface area contributed by atoms with Gasteiger partial charge < -0.3 is 4.98 Å².